The maximum Gasteiger partial charge on any atom is 0.136 e. The van der Waals surface area contributed by atoms with Gasteiger partial charge in [-0.2, -0.15) is 0 Å². The molecule has 1 aromatic rings. The average molecular weight is 375 g/mol. The molecule has 3 heterocycles. The minimum atomic E-state index is -0.687. The molecule has 1 saturated heterocycles. The van der Waals surface area contributed by atoms with Gasteiger partial charge in [-0.1, -0.05) is 12.1 Å². The highest BCUT2D eigenvalue weighted by molar-refractivity contribution is 7.10. The summed E-state index contributed by atoms with van der Waals surface area (Å²) in [5, 5.41) is 32.9. The molecule has 0 bridgehead atoms. The van der Waals surface area contributed by atoms with E-state index in [1.807, 2.05) is 17.5 Å². The third-order valence-corrected chi connectivity index (χ3v) is 6.16. The third-order valence-electron chi connectivity index (χ3n) is 5.29. The van der Waals surface area contributed by atoms with Crippen LogP contribution in [-0.2, 0) is 6.42 Å². The second kappa shape index (κ2) is 7.92. The van der Waals surface area contributed by atoms with E-state index in [0.717, 1.165) is 31.9 Å². The fraction of sp³-hybridized carbons (Fsp3) is 0.526. The van der Waals surface area contributed by atoms with E-state index in [0.29, 0.717) is 11.6 Å². The summed E-state index contributed by atoms with van der Waals surface area (Å²) in [4.78, 5) is 5.99. The number of hydrogen-bond donors (Lipinski definition) is 5. The topological polar surface area (TPSA) is 88.9 Å². The highest BCUT2D eigenvalue weighted by Gasteiger charge is 2.37. The molecule has 0 saturated carbocycles. The largest absolute Gasteiger partial charge is 0.506 e. The average Bonchev–Trinajstić information content (AvgIpc) is 3.31. The highest BCUT2D eigenvalue weighted by atomic mass is 32.1. The van der Waals surface area contributed by atoms with E-state index in [1.165, 1.54) is 17.7 Å². The smallest absolute Gasteiger partial charge is 0.136 e. The molecule has 4 rings (SSSR count). The number of aliphatic hydroxyl groups excluding tert-OH is 2. The zero-order valence-electron chi connectivity index (χ0n) is 14.7. The summed E-state index contributed by atoms with van der Waals surface area (Å²) in [5.41, 5.74) is 0.698. The van der Waals surface area contributed by atoms with Crippen LogP contribution in [0.15, 0.2) is 46.1 Å². The van der Waals surface area contributed by atoms with E-state index < -0.39 is 6.23 Å². The van der Waals surface area contributed by atoms with Crippen molar-refractivity contribution in [1.29, 1.82) is 0 Å². The monoisotopic (exact) mass is 374 g/mol. The Morgan fingerprint density at radius 3 is 3.12 bits per heavy atom. The summed E-state index contributed by atoms with van der Waals surface area (Å²) < 4.78 is 0. The fourth-order valence-corrected chi connectivity index (χ4v) is 4.56. The number of thiophene rings is 1. The Morgan fingerprint density at radius 1 is 1.42 bits per heavy atom. The number of amidine groups is 1. The van der Waals surface area contributed by atoms with Gasteiger partial charge in [-0.15, -0.1) is 11.3 Å². The number of hydrogen-bond acceptors (Lipinski definition) is 7. The first-order valence-corrected chi connectivity index (χ1v) is 10.2. The second-order valence-electron chi connectivity index (χ2n) is 7.20. The Bertz CT molecular complexity index is 707. The number of rotatable bonds is 6. The SMILES string of the molecule is OC1=C2NC(Cc3cccs3)=NC2C(C(O)NCC2CCCNC2)C=C1. The first kappa shape index (κ1) is 17.7. The quantitative estimate of drug-likeness (QED) is 0.487. The van der Waals surface area contributed by atoms with Crippen LogP contribution in [0.25, 0.3) is 0 Å². The Kier molecular flexibility index (Phi) is 5.40. The molecule has 26 heavy (non-hydrogen) atoms. The van der Waals surface area contributed by atoms with Crippen LogP contribution in [0.2, 0.25) is 0 Å². The van der Waals surface area contributed by atoms with E-state index in [1.54, 1.807) is 17.4 Å². The van der Waals surface area contributed by atoms with E-state index in [-0.39, 0.29) is 17.7 Å². The lowest BCUT2D eigenvalue weighted by molar-refractivity contribution is 0.0808. The van der Waals surface area contributed by atoms with Gasteiger partial charge in [0.05, 0.1) is 5.70 Å². The van der Waals surface area contributed by atoms with Crippen molar-refractivity contribution >= 4 is 17.2 Å². The predicted molar refractivity (Wildman–Crippen MR) is 104 cm³/mol. The van der Waals surface area contributed by atoms with Gasteiger partial charge in [0, 0.05) is 23.8 Å². The minimum Gasteiger partial charge on any atom is -0.506 e. The molecule has 2 aliphatic heterocycles. The molecule has 4 unspecified atom stereocenters. The molecule has 1 aromatic heterocycles. The van der Waals surface area contributed by atoms with Crippen LogP contribution in [0.3, 0.4) is 0 Å². The van der Waals surface area contributed by atoms with Crippen molar-refractivity contribution in [1.82, 2.24) is 16.0 Å². The van der Waals surface area contributed by atoms with Gasteiger partial charge in [0.15, 0.2) is 0 Å². The molecule has 7 heteroatoms. The number of aliphatic hydroxyl groups is 2. The number of aliphatic imine (C=N–C) groups is 1. The molecular weight excluding hydrogens is 348 g/mol. The van der Waals surface area contributed by atoms with Gasteiger partial charge < -0.3 is 20.8 Å². The zero-order chi connectivity index (χ0) is 17.9. The summed E-state index contributed by atoms with van der Waals surface area (Å²) in [5.74, 6) is 1.41. The number of allylic oxidation sites excluding steroid dienone is 1. The molecule has 4 atom stereocenters. The predicted octanol–water partition coefficient (Wildman–Crippen LogP) is 1.52. The van der Waals surface area contributed by atoms with Gasteiger partial charge in [-0.3, -0.25) is 10.3 Å². The summed E-state index contributed by atoms with van der Waals surface area (Å²) in [6.45, 7) is 2.88. The molecule has 3 aliphatic rings. The van der Waals surface area contributed by atoms with Crippen molar-refractivity contribution in [2.24, 2.45) is 16.8 Å². The lowest BCUT2D eigenvalue weighted by Crippen LogP contribution is -2.46. The van der Waals surface area contributed by atoms with Crippen LogP contribution in [-0.4, -0.2) is 48.0 Å². The lowest BCUT2D eigenvalue weighted by Gasteiger charge is -2.30. The normalized spacial score (nSPS) is 29.3. The molecule has 0 amide bonds. The van der Waals surface area contributed by atoms with E-state index in [4.69, 9.17) is 4.99 Å². The van der Waals surface area contributed by atoms with E-state index in [9.17, 15) is 10.2 Å². The summed E-state index contributed by atoms with van der Waals surface area (Å²) >= 11 is 1.69. The van der Waals surface area contributed by atoms with Crippen LogP contribution in [0.5, 0.6) is 0 Å². The fourth-order valence-electron chi connectivity index (χ4n) is 3.85. The standard InChI is InChI=1S/C19H26N4O2S/c24-15-6-5-14(19(25)21-11-12-3-1-7-20-10-12)17-18(15)23-16(22-17)9-13-4-2-8-26-13/h2,4-6,8,12,14,17,19-21,24-25H,1,3,7,9-11H2,(H,22,23). The first-order chi connectivity index (χ1) is 12.7. The lowest BCUT2D eigenvalue weighted by atomic mass is 9.90. The Balaban J connectivity index is 1.41. The molecule has 5 N–H and O–H groups in total. The van der Waals surface area contributed by atoms with Gasteiger partial charge in [-0.05, 0) is 49.4 Å². The highest BCUT2D eigenvalue weighted by Crippen LogP contribution is 2.30. The molecule has 0 aromatic carbocycles. The van der Waals surface area contributed by atoms with Crippen LogP contribution >= 0.6 is 11.3 Å². The van der Waals surface area contributed by atoms with Crippen LogP contribution in [0.1, 0.15) is 17.7 Å². The zero-order valence-corrected chi connectivity index (χ0v) is 15.5. The Labute approximate surface area is 157 Å². The molecule has 6 nitrogen and oxygen atoms in total. The minimum absolute atomic E-state index is 0.189. The first-order valence-electron chi connectivity index (χ1n) is 9.30. The van der Waals surface area contributed by atoms with Crippen molar-refractivity contribution in [2.45, 2.75) is 31.5 Å². The van der Waals surface area contributed by atoms with Crippen molar-refractivity contribution in [2.75, 3.05) is 19.6 Å². The summed E-state index contributed by atoms with van der Waals surface area (Å²) in [7, 11) is 0. The summed E-state index contributed by atoms with van der Waals surface area (Å²) in [6.07, 6.45) is 5.94. The van der Waals surface area contributed by atoms with Gasteiger partial charge in [0.25, 0.3) is 0 Å². The van der Waals surface area contributed by atoms with Gasteiger partial charge in [0.1, 0.15) is 23.9 Å². The number of fused-ring (bicyclic) bond motifs is 1. The van der Waals surface area contributed by atoms with Gasteiger partial charge in [-0.25, -0.2) is 0 Å². The second-order valence-corrected chi connectivity index (χ2v) is 8.23. The van der Waals surface area contributed by atoms with Crippen LogP contribution in [0, 0.1) is 11.8 Å². The Hall–Kier alpha value is -1.67. The van der Waals surface area contributed by atoms with Crippen LogP contribution < -0.4 is 16.0 Å². The van der Waals surface area contributed by atoms with E-state index in [2.05, 4.69) is 22.0 Å². The maximum absolute atomic E-state index is 10.7. The molecule has 1 fully saturated rings. The molecule has 0 spiro atoms. The molecular formula is C19H26N4O2S. The Morgan fingerprint density at radius 2 is 2.35 bits per heavy atom. The van der Waals surface area contributed by atoms with Crippen molar-refractivity contribution in [3.05, 3.63) is 46.0 Å². The number of nitrogens with one attached hydrogen (secondary N) is 3. The van der Waals surface area contributed by atoms with Crippen LogP contribution in [0.4, 0.5) is 0 Å². The van der Waals surface area contributed by atoms with Crippen molar-refractivity contribution < 1.29 is 10.2 Å². The molecule has 0 radical (unpaired) electrons. The molecule has 1 aliphatic carbocycles. The van der Waals surface area contributed by atoms with Gasteiger partial charge in [0.2, 0.25) is 0 Å². The number of nitrogens with zero attached hydrogens (tertiary/aromatic N) is 1. The maximum atomic E-state index is 10.7. The summed E-state index contributed by atoms with van der Waals surface area (Å²) in [6, 6.07) is 3.84. The van der Waals surface area contributed by atoms with Crippen molar-refractivity contribution in [3.63, 3.8) is 0 Å². The van der Waals surface area contributed by atoms with E-state index >= 15 is 0 Å². The molecule has 140 valence electrons. The third kappa shape index (κ3) is 3.86. The van der Waals surface area contributed by atoms with Gasteiger partial charge >= 0.3 is 0 Å². The van der Waals surface area contributed by atoms with Crippen molar-refractivity contribution in [3.8, 4) is 0 Å². The number of piperidine rings is 1.